The van der Waals surface area contributed by atoms with Crippen molar-refractivity contribution in [2.24, 2.45) is 0 Å². The van der Waals surface area contributed by atoms with Crippen molar-refractivity contribution in [2.75, 3.05) is 32.0 Å². The molecule has 0 radical (unpaired) electrons. The van der Waals surface area contributed by atoms with E-state index in [1.54, 1.807) is 0 Å². The van der Waals surface area contributed by atoms with E-state index in [0.29, 0.717) is 11.4 Å². The highest BCUT2D eigenvalue weighted by molar-refractivity contribution is 6.34. The molecule has 0 saturated heterocycles. The summed E-state index contributed by atoms with van der Waals surface area (Å²) in [4.78, 5) is 44.1. The summed E-state index contributed by atoms with van der Waals surface area (Å²) in [5.41, 5.74) is 0.843. The second kappa shape index (κ2) is 12.5. The predicted molar refractivity (Wildman–Crippen MR) is 123 cm³/mol. The molecule has 0 atom stereocenters. The van der Waals surface area contributed by atoms with Gasteiger partial charge in [-0.2, -0.15) is 0 Å². The topological polar surface area (TPSA) is 140 Å². The van der Waals surface area contributed by atoms with Crippen LogP contribution in [0.15, 0.2) is 24.3 Å². The molecule has 178 valence electrons. The lowest BCUT2D eigenvalue weighted by Gasteiger charge is -2.11. The van der Waals surface area contributed by atoms with Gasteiger partial charge in [-0.05, 0) is 12.1 Å². The van der Waals surface area contributed by atoms with E-state index in [0.717, 1.165) is 0 Å². The van der Waals surface area contributed by atoms with Crippen LogP contribution in [-0.2, 0) is 14.3 Å². The lowest BCUT2D eigenvalue weighted by atomic mass is 10.1. The monoisotopic (exact) mass is 500 g/mol. The molecular formula is C21H22Cl2N2O8. The first-order valence-electron chi connectivity index (χ1n) is 9.06. The summed E-state index contributed by atoms with van der Waals surface area (Å²) < 4.78 is 14.5. The van der Waals surface area contributed by atoms with Crippen LogP contribution in [0.4, 0.5) is 11.4 Å². The maximum absolute atomic E-state index is 11.4. The van der Waals surface area contributed by atoms with Crippen LogP contribution in [0.2, 0.25) is 10.0 Å². The van der Waals surface area contributed by atoms with Gasteiger partial charge in [-0.3, -0.25) is 9.59 Å². The third-order valence-corrected chi connectivity index (χ3v) is 4.46. The molecule has 0 unspecified atom stereocenters. The Balaban J connectivity index is 0.000000331. The zero-order chi connectivity index (χ0) is 25.3. The second-order valence-electron chi connectivity index (χ2n) is 6.22. The molecule has 0 bridgehead atoms. The van der Waals surface area contributed by atoms with Crippen molar-refractivity contribution in [3.63, 3.8) is 0 Å². The van der Waals surface area contributed by atoms with Crippen LogP contribution in [0, 0.1) is 0 Å². The maximum Gasteiger partial charge on any atom is 0.341 e. The highest BCUT2D eigenvalue weighted by Crippen LogP contribution is 2.32. The molecule has 0 aliphatic carbocycles. The van der Waals surface area contributed by atoms with E-state index >= 15 is 0 Å². The van der Waals surface area contributed by atoms with Crippen LogP contribution in [0.1, 0.15) is 34.6 Å². The number of carbonyl (C=O) groups is 4. The molecular weight excluding hydrogens is 479 g/mol. The number of anilines is 2. The Morgan fingerprint density at radius 3 is 1.48 bits per heavy atom. The zero-order valence-electron chi connectivity index (χ0n) is 18.4. The predicted octanol–water partition coefficient (Wildman–Crippen LogP) is 4.10. The van der Waals surface area contributed by atoms with Crippen LogP contribution in [0.3, 0.4) is 0 Å². The summed E-state index contributed by atoms with van der Waals surface area (Å²) in [6.07, 6.45) is 0. The first kappa shape index (κ1) is 27.5. The summed E-state index contributed by atoms with van der Waals surface area (Å²) in [5.74, 6) is -1.84. The lowest BCUT2D eigenvalue weighted by Crippen LogP contribution is -2.09. The minimum Gasteiger partial charge on any atom is -0.496 e. The number of carbonyl (C=O) groups excluding carboxylic acids is 3. The van der Waals surface area contributed by atoms with Gasteiger partial charge in [0.1, 0.15) is 22.6 Å². The number of amides is 2. The number of ether oxygens (including phenoxy) is 3. The van der Waals surface area contributed by atoms with Gasteiger partial charge in [0.2, 0.25) is 11.8 Å². The van der Waals surface area contributed by atoms with E-state index in [9.17, 15) is 19.2 Å². The van der Waals surface area contributed by atoms with Crippen LogP contribution in [0.25, 0.3) is 0 Å². The van der Waals surface area contributed by atoms with E-state index in [4.69, 9.17) is 37.8 Å². The number of benzene rings is 2. The minimum atomic E-state index is -1.15. The molecule has 2 amide bonds. The molecule has 10 nitrogen and oxygen atoms in total. The molecule has 2 rings (SSSR count). The SMILES string of the molecule is COC(=O)c1cc(Cl)c(NC(C)=O)cc1OC.COc1cc(NC(C)=O)c(Cl)cc1C(=O)O. The Bertz CT molecular complexity index is 1070. The Hall–Kier alpha value is -3.50. The maximum atomic E-state index is 11.4. The lowest BCUT2D eigenvalue weighted by molar-refractivity contribution is -0.115. The molecule has 0 heterocycles. The van der Waals surface area contributed by atoms with Crippen LogP contribution in [-0.4, -0.2) is 50.2 Å². The fourth-order valence-electron chi connectivity index (χ4n) is 2.45. The molecule has 0 spiro atoms. The third kappa shape index (κ3) is 7.85. The Morgan fingerprint density at radius 2 is 1.15 bits per heavy atom. The van der Waals surface area contributed by atoms with Gasteiger partial charge in [-0.25, -0.2) is 9.59 Å². The number of carboxylic acids is 1. The van der Waals surface area contributed by atoms with E-state index in [-0.39, 0.29) is 44.5 Å². The van der Waals surface area contributed by atoms with E-state index in [1.165, 1.54) is 59.4 Å². The Kier molecular flexibility index (Phi) is 10.4. The van der Waals surface area contributed by atoms with Gasteiger partial charge in [0.15, 0.2) is 0 Å². The molecule has 0 aromatic heterocycles. The first-order chi connectivity index (χ1) is 15.4. The number of nitrogens with one attached hydrogen (secondary N) is 2. The highest BCUT2D eigenvalue weighted by Gasteiger charge is 2.17. The van der Waals surface area contributed by atoms with Crippen LogP contribution >= 0.6 is 23.2 Å². The first-order valence-corrected chi connectivity index (χ1v) is 9.82. The molecule has 0 aliphatic heterocycles. The fourth-order valence-corrected chi connectivity index (χ4v) is 2.87. The number of aromatic carboxylic acids is 1. The average molecular weight is 501 g/mol. The fraction of sp³-hybridized carbons (Fsp3) is 0.238. The average Bonchev–Trinajstić information content (AvgIpc) is 2.75. The highest BCUT2D eigenvalue weighted by atomic mass is 35.5. The number of esters is 1. The molecule has 3 N–H and O–H groups in total. The van der Waals surface area contributed by atoms with E-state index in [2.05, 4.69) is 15.4 Å². The van der Waals surface area contributed by atoms with E-state index < -0.39 is 11.9 Å². The molecule has 0 fully saturated rings. The van der Waals surface area contributed by atoms with Crippen molar-refractivity contribution in [1.29, 1.82) is 0 Å². The van der Waals surface area contributed by atoms with Crippen molar-refractivity contribution in [1.82, 2.24) is 0 Å². The molecule has 2 aromatic carbocycles. The van der Waals surface area contributed by atoms with Gasteiger partial charge in [0.05, 0.1) is 42.7 Å². The number of methoxy groups -OCH3 is 3. The van der Waals surface area contributed by atoms with Crippen molar-refractivity contribution in [2.45, 2.75) is 13.8 Å². The summed E-state index contributed by atoms with van der Waals surface area (Å²) in [5, 5.41) is 14.3. The van der Waals surface area contributed by atoms with Crippen molar-refractivity contribution >= 4 is 58.3 Å². The Labute approximate surface area is 199 Å². The summed E-state index contributed by atoms with van der Waals surface area (Å²) in [7, 11) is 4.01. The van der Waals surface area contributed by atoms with E-state index in [1.807, 2.05) is 0 Å². The van der Waals surface area contributed by atoms with Crippen molar-refractivity contribution in [3.05, 3.63) is 45.4 Å². The largest absolute Gasteiger partial charge is 0.496 e. The van der Waals surface area contributed by atoms with Crippen molar-refractivity contribution < 1.29 is 38.5 Å². The molecule has 0 aliphatic rings. The number of halogens is 2. The van der Waals surface area contributed by atoms with Crippen LogP contribution in [0.5, 0.6) is 11.5 Å². The molecule has 2 aromatic rings. The van der Waals surface area contributed by atoms with Gasteiger partial charge >= 0.3 is 11.9 Å². The minimum absolute atomic E-state index is 0.0541. The normalized spacial score (nSPS) is 9.67. The number of hydrogen-bond donors (Lipinski definition) is 3. The summed E-state index contributed by atoms with van der Waals surface area (Å²) >= 11 is 11.7. The quantitative estimate of drug-likeness (QED) is 0.503. The smallest absolute Gasteiger partial charge is 0.341 e. The number of rotatable bonds is 6. The van der Waals surface area contributed by atoms with Gasteiger partial charge < -0.3 is 30.0 Å². The van der Waals surface area contributed by atoms with Gasteiger partial charge in [-0.1, -0.05) is 23.2 Å². The Morgan fingerprint density at radius 1 is 0.758 bits per heavy atom. The number of hydrogen-bond acceptors (Lipinski definition) is 7. The van der Waals surface area contributed by atoms with Crippen LogP contribution < -0.4 is 20.1 Å². The van der Waals surface area contributed by atoms with Gasteiger partial charge in [-0.15, -0.1) is 0 Å². The number of carboxylic acid groups (broad SMARTS) is 1. The van der Waals surface area contributed by atoms with Gasteiger partial charge in [0, 0.05) is 26.0 Å². The molecule has 0 saturated carbocycles. The standard InChI is InChI=1S/C11H12ClNO4.C10H10ClNO4/c1-6(14)13-9-5-10(16-2)7(4-8(9)12)11(15)17-3;1-5(13)12-8-4-9(16-2)6(10(14)15)3-7(8)11/h4-5H,1-3H3,(H,13,14);3-4H,1-2H3,(H,12,13)(H,14,15). The van der Waals surface area contributed by atoms with Gasteiger partial charge in [0.25, 0.3) is 0 Å². The second-order valence-corrected chi connectivity index (χ2v) is 7.04. The van der Waals surface area contributed by atoms with Crippen molar-refractivity contribution in [3.8, 4) is 11.5 Å². The summed E-state index contributed by atoms with van der Waals surface area (Å²) in [6.45, 7) is 2.69. The molecule has 12 heteroatoms. The molecule has 33 heavy (non-hydrogen) atoms. The summed E-state index contributed by atoms with van der Waals surface area (Å²) in [6, 6.07) is 5.45. The zero-order valence-corrected chi connectivity index (χ0v) is 19.9. The third-order valence-electron chi connectivity index (χ3n) is 3.84.